The largest absolute Gasteiger partial charge is 0.341 e. The molecule has 6 atom stereocenters. The third kappa shape index (κ3) is 3.61. The van der Waals surface area contributed by atoms with Crippen molar-refractivity contribution in [2.45, 2.75) is 62.3 Å². The molecule has 2 aliphatic carbocycles. The fourth-order valence-electron chi connectivity index (χ4n) is 7.22. The number of nitrogens with zero attached hydrogens (tertiary/aromatic N) is 2. The van der Waals surface area contributed by atoms with Gasteiger partial charge in [-0.05, 0) is 70.7 Å². The number of imidazole rings is 2. The van der Waals surface area contributed by atoms with Crippen LogP contribution in [0, 0.1) is 5.41 Å². The second-order valence-corrected chi connectivity index (χ2v) is 13.0. The van der Waals surface area contributed by atoms with Gasteiger partial charge in [-0.15, -0.1) is 0 Å². The lowest BCUT2D eigenvalue weighted by Gasteiger charge is -2.11. The van der Waals surface area contributed by atoms with E-state index in [-0.39, 0.29) is 11.6 Å². The zero-order valence-electron chi connectivity index (χ0n) is 22.5. The van der Waals surface area contributed by atoms with Gasteiger partial charge >= 0.3 is 0 Å². The van der Waals surface area contributed by atoms with Gasteiger partial charge < -0.3 is 26.3 Å². The Kier molecular flexibility index (Phi) is 4.54. The Morgan fingerprint density at radius 2 is 1.23 bits per heavy atom. The topological polar surface area (TPSA) is 107 Å². The molecule has 0 amide bonds. The number of piperidine rings is 2. The number of hydrogen-bond acceptors (Lipinski definition) is 5. The number of rotatable bonds is 5. The highest BCUT2D eigenvalue weighted by molar-refractivity contribution is 5.90. The van der Waals surface area contributed by atoms with Gasteiger partial charge in [-0.25, -0.2) is 9.97 Å². The Labute approximate surface area is 233 Å². The summed E-state index contributed by atoms with van der Waals surface area (Å²) in [7, 11) is 0. The summed E-state index contributed by atoms with van der Waals surface area (Å²) in [6.07, 6.45) is 8.41. The van der Waals surface area contributed by atoms with E-state index >= 15 is 0 Å². The van der Waals surface area contributed by atoms with Crippen molar-refractivity contribution in [2.75, 3.05) is 0 Å². The SMILES string of the molecule is C[C@]12C[C@@H](c3ncc(-c4ccc5cc(-c6ccc(-c7cnc([C@@H]8C[C@]9(N)C[C@@H]9N8)[nH]7)cc6)ccc5c4)[nH]3)N[C@H]1C2. The fourth-order valence-corrected chi connectivity index (χ4v) is 7.22. The third-order valence-corrected chi connectivity index (χ3v) is 10.1. The van der Waals surface area contributed by atoms with E-state index in [1.54, 1.807) is 0 Å². The van der Waals surface area contributed by atoms with E-state index in [4.69, 9.17) is 10.7 Å². The highest BCUT2D eigenvalue weighted by Crippen LogP contribution is 2.57. The van der Waals surface area contributed by atoms with Crippen LogP contribution in [-0.2, 0) is 0 Å². The molecule has 6 N–H and O–H groups in total. The molecule has 2 aromatic heterocycles. The summed E-state index contributed by atoms with van der Waals surface area (Å²) in [5.41, 5.74) is 13.6. The second kappa shape index (κ2) is 7.91. The van der Waals surface area contributed by atoms with Crippen molar-refractivity contribution >= 4 is 10.8 Å². The van der Waals surface area contributed by atoms with Crippen LogP contribution in [0.5, 0.6) is 0 Å². The minimum atomic E-state index is -0.0189. The number of benzene rings is 3. The quantitative estimate of drug-likeness (QED) is 0.204. The number of aromatic nitrogens is 4. The Bertz CT molecular complexity index is 1780. The molecule has 7 nitrogen and oxygen atoms in total. The summed E-state index contributed by atoms with van der Waals surface area (Å²) in [6.45, 7) is 2.38. The van der Waals surface area contributed by atoms with E-state index in [2.05, 4.69) is 93.2 Å². The second-order valence-electron chi connectivity index (χ2n) is 13.0. The summed E-state index contributed by atoms with van der Waals surface area (Å²) in [4.78, 5) is 16.5. The van der Waals surface area contributed by atoms with Crippen LogP contribution in [0.4, 0.5) is 0 Å². The molecule has 4 heterocycles. The predicted octanol–water partition coefficient (Wildman–Crippen LogP) is 5.60. The molecule has 2 saturated carbocycles. The van der Waals surface area contributed by atoms with Crippen molar-refractivity contribution in [2.24, 2.45) is 11.1 Å². The summed E-state index contributed by atoms with van der Waals surface area (Å²) < 4.78 is 0. The van der Waals surface area contributed by atoms with Gasteiger partial charge in [0.2, 0.25) is 0 Å². The zero-order chi connectivity index (χ0) is 26.6. The van der Waals surface area contributed by atoms with Gasteiger partial charge in [-0.1, -0.05) is 55.5 Å². The van der Waals surface area contributed by atoms with Crippen molar-refractivity contribution in [3.05, 3.63) is 84.7 Å². The molecule has 0 bridgehead atoms. The van der Waals surface area contributed by atoms with Crippen LogP contribution in [0.15, 0.2) is 73.1 Å². The van der Waals surface area contributed by atoms with Gasteiger partial charge in [0.15, 0.2) is 0 Å². The normalized spacial score (nSPS) is 31.9. The number of aromatic amines is 2. The molecular weight excluding hydrogens is 494 g/mol. The Balaban J connectivity index is 0.925. The number of fused-ring (bicyclic) bond motifs is 3. The van der Waals surface area contributed by atoms with Crippen LogP contribution in [0.1, 0.15) is 56.3 Å². The fraction of sp³-hybridized carbons (Fsp3) is 0.333. The highest BCUT2D eigenvalue weighted by atomic mass is 15.2. The molecule has 4 fully saturated rings. The van der Waals surface area contributed by atoms with E-state index in [0.717, 1.165) is 41.4 Å². The maximum atomic E-state index is 6.36. The maximum absolute atomic E-state index is 6.36. The molecular formula is C33H33N7. The van der Waals surface area contributed by atoms with E-state index in [1.165, 1.54) is 40.3 Å². The average molecular weight is 528 g/mol. The van der Waals surface area contributed by atoms with Crippen LogP contribution in [0.3, 0.4) is 0 Å². The molecule has 0 radical (unpaired) electrons. The number of hydrogen-bond donors (Lipinski definition) is 5. The van der Waals surface area contributed by atoms with Gasteiger partial charge in [-0.2, -0.15) is 0 Å². The molecule has 2 saturated heterocycles. The van der Waals surface area contributed by atoms with E-state index in [1.807, 2.05) is 12.4 Å². The Morgan fingerprint density at radius 1 is 0.650 bits per heavy atom. The van der Waals surface area contributed by atoms with Crippen LogP contribution in [0.2, 0.25) is 0 Å². The van der Waals surface area contributed by atoms with E-state index < -0.39 is 0 Å². The van der Waals surface area contributed by atoms with E-state index in [9.17, 15) is 0 Å². The molecule has 3 aromatic carbocycles. The Hall–Kier alpha value is -3.78. The lowest BCUT2D eigenvalue weighted by atomic mass is 9.98. The van der Waals surface area contributed by atoms with Crippen molar-refractivity contribution in [3.63, 3.8) is 0 Å². The number of nitrogens with two attached hydrogens (primary N) is 1. The van der Waals surface area contributed by atoms with Crippen LogP contribution >= 0.6 is 0 Å². The van der Waals surface area contributed by atoms with Crippen LogP contribution in [-0.4, -0.2) is 37.6 Å². The van der Waals surface area contributed by atoms with Gasteiger partial charge in [0.1, 0.15) is 11.6 Å². The molecule has 5 aromatic rings. The summed E-state index contributed by atoms with van der Waals surface area (Å²) in [5.74, 6) is 2.04. The molecule has 4 aliphatic rings. The van der Waals surface area contributed by atoms with Crippen LogP contribution < -0.4 is 16.4 Å². The van der Waals surface area contributed by atoms with Gasteiger partial charge in [0, 0.05) is 23.2 Å². The summed E-state index contributed by atoms with van der Waals surface area (Å²) in [6, 6.07) is 23.8. The Morgan fingerprint density at radius 3 is 1.88 bits per heavy atom. The molecule has 9 rings (SSSR count). The first-order valence-corrected chi connectivity index (χ1v) is 14.5. The minimum Gasteiger partial charge on any atom is -0.341 e. The molecule has 2 aliphatic heterocycles. The zero-order valence-corrected chi connectivity index (χ0v) is 22.5. The van der Waals surface area contributed by atoms with Crippen LogP contribution in [0.25, 0.3) is 44.4 Å². The molecule has 7 heteroatoms. The van der Waals surface area contributed by atoms with Crippen molar-refractivity contribution in [1.29, 1.82) is 0 Å². The summed E-state index contributed by atoms with van der Waals surface area (Å²) >= 11 is 0. The monoisotopic (exact) mass is 527 g/mol. The van der Waals surface area contributed by atoms with E-state index in [0.29, 0.717) is 23.5 Å². The molecule has 200 valence electrons. The molecule has 0 unspecified atom stereocenters. The first kappa shape index (κ1) is 23.0. The smallest absolute Gasteiger partial charge is 0.123 e. The first-order chi connectivity index (χ1) is 19.4. The van der Waals surface area contributed by atoms with Gasteiger partial charge in [-0.3, -0.25) is 0 Å². The van der Waals surface area contributed by atoms with Crippen molar-refractivity contribution in [3.8, 4) is 33.6 Å². The van der Waals surface area contributed by atoms with Crippen molar-refractivity contribution in [1.82, 2.24) is 30.6 Å². The average Bonchev–Trinajstić information content (AvgIpc) is 3.46. The lowest BCUT2D eigenvalue weighted by molar-refractivity contribution is 0.488. The van der Waals surface area contributed by atoms with Gasteiger partial charge in [0.05, 0.1) is 35.9 Å². The summed E-state index contributed by atoms with van der Waals surface area (Å²) in [5, 5.41) is 9.78. The lowest BCUT2D eigenvalue weighted by Crippen LogP contribution is -2.23. The minimum absolute atomic E-state index is 0.0189. The third-order valence-electron chi connectivity index (χ3n) is 10.1. The number of H-pyrrole nitrogens is 2. The number of nitrogens with one attached hydrogen (secondary N) is 4. The molecule has 0 spiro atoms. The van der Waals surface area contributed by atoms with Gasteiger partial charge in [0.25, 0.3) is 0 Å². The highest BCUT2D eigenvalue weighted by Gasteiger charge is 2.58. The van der Waals surface area contributed by atoms with Crippen molar-refractivity contribution < 1.29 is 0 Å². The molecule has 40 heavy (non-hydrogen) atoms. The first-order valence-electron chi connectivity index (χ1n) is 14.5. The maximum Gasteiger partial charge on any atom is 0.123 e. The standard InChI is InChI=1S/C33H33N7/c1-32-12-24(37-28(32)14-32)30-36-17-27(40-30)23-9-8-21-10-20(6-7-22(21)11-23)18-2-4-19(5-3-18)26-16-35-31(39-26)25-13-33(34)15-29(33)38-25/h2-11,16-17,24-25,28-29,37-38H,12-15,34H2,1H3,(H,35,39)(H,36,40)/t24-,25-,28-,29-,32+,33-/m0/s1. The predicted molar refractivity (Wildman–Crippen MR) is 157 cm³/mol.